The number of ether oxygens (including phenoxy) is 1. The van der Waals surface area contributed by atoms with E-state index in [1.807, 2.05) is 24.3 Å². The molecule has 5 heteroatoms. The van der Waals surface area contributed by atoms with Crippen molar-refractivity contribution < 1.29 is 13.9 Å². The second-order valence-electron chi connectivity index (χ2n) is 6.55. The number of amides is 1. The van der Waals surface area contributed by atoms with E-state index in [1.54, 1.807) is 30.5 Å². The van der Waals surface area contributed by atoms with Crippen molar-refractivity contribution in [3.05, 3.63) is 90.0 Å². The van der Waals surface area contributed by atoms with Gasteiger partial charge in [-0.1, -0.05) is 38.1 Å². The van der Waals surface area contributed by atoms with E-state index in [0.717, 1.165) is 11.3 Å². The molecule has 4 nitrogen and oxygen atoms in total. The van der Waals surface area contributed by atoms with E-state index < -0.39 is 5.82 Å². The number of pyridine rings is 1. The fraction of sp³-hybridized carbons (Fsp3) is 0.130. The third-order valence-electron chi connectivity index (χ3n) is 4.09. The van der Waals surface area contributed by atoms with Gasteiger partial charge in [0.2, 0.25) is 5.91 Å². The molecule has 1 amide bonds. The van der Waals surface area contributed by atoms with E-state index in [0.29, 0.717) is 17.2 Å². The zero-order valence-electron chi connectivity index (χ0n) is 15.7. The first kappa shape index (κ1) is 19.3. The van der Waals surface area contributed by atoms with Gasteiger partial charge in [-0.2, -0.15) is 0 Å². The SMILES string of the molecule is CC(C)c1ccccc1NC(=O)/C=C/c1ccc(Oc2cccnc2)c(F)c1. The Morgan fingerprint density at radius 2 is 1.96 bits per heavy atom. The molecule has 0 radical (unpaired) electrons. The third kappa shape index (κ3) is 5.04. The molecule has 1 aromatic heterocycles. The minimum Gasteiger partial charge on any atom is -0.453 e. The van der Waals surface area contributed by atoms with Crippen molar-refractivity contribution in [3.8, 4) is 11.5 Å². The molecule has 0 unspecified atom stereocenters. The van der Waals surface area contributed by atoms with E-state index in [2.05, 4.69) is 24.1 Å². The van der Waals surface area contributed by atoms with Crippen LogP contribution in [0.25, 0.3) is 6.08 Å². The van der Waals surface area contributed by atoms with Gasteiger partial charge in [-0.3, -0.25) is 9.78 Å². The van der Waals surface area contributed by atoms with E-state index in [1.165, 1.54) is 24.4 Å². The van der Waals surface area contributed by atoms with Crippen LogP contribution in [0.2, 0.25) is 0 Å². The van der Waals surface area contributed by atoms with Crippen molar-refractivity contribution in [2.45, 2.75) is 19.8 Å². The standard InChI is InChI=1S/C23H21FN2O2/c1-16(2)19-7-3-4-8-21(19)26-23(27)12-10-17-9-11-22(20(24)14-17)28-18-6-5-13-25-15-18/h3-16H,1-2H3,(H,26,27)/b12-10+. The summed E-state index contributed by atoms with van der Waals surface area (Å²) in [4.78, 5) is 16.2. The summed E-state index contributed by atoms with van der Waals surface area (Å²) in [5, 5.41) is 2.87. The van der Waals surface area contributed by atoms with Crippen molar-refractivity contribution >= 4 is 17.7 Å². The monoisotopic (exact) mass is 376 g/mol. The number of nitrogens with one attached hydrogen (secondary N) is 1. The highest BCUT2D eigenvalue weighted by molar-refractivity contribution is 6.02. The van der Waals surface area contributed by atoms with Crippen LogP contribution in [-0.4, -0.2) is 10.9 Å². The molecule has 0 fully saturated rings. The molecule has 28 heavy (non-hydrogen) atoms. The highest BCUT2D eigenvalue weighted by Gasteiger charge is 2.08. The van der Waals surface area contributed by atoms with Gasteiger partial charge >= 0.3 is 0 Å². The summed E-state index contributed by atoms with van der Waals surface area (Å²) in [7, 11) is 0. The Bertz CT molecular complexity index is 985. The maximum absolute atomic E-state index is 14.3. The number of halogens is 1. The Kier molecular flexibility index (Phi) is 6.17. The van der Waals surface area contributed by atoms with Crippen LogP contribution < -0.4 is 10.1 Å². The summed E-state index contributed by atoms with van der Waals surface area (Å²) >= 11 is 0. The molecule has 0 aliphatic carbocycles. The fourth-order valence-electron chi connectivity index (χ4n) is 2.70. The van der Waals surface area contributed by atoms with Crippen LogP contribution >= 0.6 is 0 Å². The number of benzene rings is 2. The quantitative estimate of drug-likeness (QED) is 0.554. The fourth-order valence-corrected chi connectivity index (χ4v) is 2.70. The molecule has 3 aromatic rings. The summed E-state index contributed by atoms with van der Waals surface area (Å²) in [6, 6.07) is 15.6. The minimum absolute atomic E-state index is 0.0977. The summed E-state index contributed by atoms with van der Waals surface area (Å²) in [5.41, 5.74) is 2.40. The lowest BCUT2D eigenvalue weighted by molar-refractivity contribution is -0.111. The van der Waals surface area contributed by atoms with E-state index >= 15 is 0 Å². The second kappa shape index (κ2) is 8.95. The Morgan fingerprint density at radius 1 is 1.14 bits per heavy atom. The van der Waals surface area contributed by atoms with Crippen LogP contribution in [0.3, 0.4) is 0 Å². The molecule has 0 saturated carbocycles. The number of anilines is 1. The number of hydrogen-bond acceptors (Lipinski definition) is 3. The molecule has 0 spiro atoms. The molecule has 1 N–H and O–H groups in total. The Balaban J connectivity index is 1.67. The molecular formula is C23H21FN2O2. The summed E-state index contributed by atoms with van der Waals surface area (Å²) in [6.07, 6.45) is 6.06. The van der Waals surface area contributed by atoms with Gasteiger partial charge in [-0.05, 0) is 53.5 Å². The predicted octanol–water partition coefficient (Wildman–Crippen LogP) is 5.79. The van der Waals surface area contributed by atoms with Crippen LogP contribution in [0.1, 0.15) is 30.9 Å². The number of nitrogens with zero attached hydrogens (tertiary/aromatic N) is 1. The molecule has 0 atom stereocenters. The average molecular weight is 376 g/mol. The second-order valence-corrected chi connectivity index (χ2v) is 6.55. The third-order valence-corrected chi connectivity index (χ3v) is 4.09. The van der Waals surface area contributed by atoms with Crippen LogP contribution in [0, 0.1) is 5.82 Å². The van der Waals surface area contributed by atoms with Gasteiger partial charge in [0.1, 0.15) is 5.75 Å². The smallest absolute Gasteiger partial charge is 0.248 e. The number of hydrogen-bond donors (Lipinski definition) is 1. The lowest BCUT2D eigenvalue weighted by Crippen LogP contribution is -2.10. The maximum atomic E-state index is 14.3. The summed E-state index contributed by atoms with van der Waals surface area (Å²) in [6.45, 7) is 4.14. The first-order valence-electron chi connectivity index (χ1n) is 8.98. The highest BCUT2D eigenvalue weighted by atomic mass is 19.1. The number of carbonyl (C=O) groups excluding carboxylic acids is 1. The molecule has 0 aliphatic rings. The van der Waals surface area contributed by atoms with Crippen LogP contribution in [0.15, 0.2) is 73.1 Å². The average Bonchev–Trinajstić information content (AvgIpc) is 2.69. The van der Waals surface area contributed by atoms with Crippen LogP contribution in [0.5, 0.6) is 11.5 Å². The van der Waals surface area contributed by atoms with Gasteiger partial charge in [-0.25, -0.2) is 4.39 Å². The maximum Gasteiger partial charge on any atom is 0.248 e. The largest absolute Gasteiger partial charge is 0.453 e. The lowest BCUT2D eigenvalue weighted by atomic mass is 10.0. The molecule has 3 rings (SSSR count). The zero-order valence-corrected chi connectivity index (χ0v) is 15.7. The number of para-hydroxylation sites is 1. The van der Waals surface area contributed by atoms with Gasteiger partial charge in [0.15, 0.2) is 11.6 Å². The molecule has 0 aliphatic heterocycles. The first-order valence-corrected chi connectivity index (χ1v) is 8.98. The van der Waals surface area contributed by atoms with Gasteiger partial charge in [0, 0.05) is 18.0 Å². The van der Waals surface area contributed by atoms with Gasteiger partial charge in [0.05, 0.1) is 6.20 Å². The van der Waals surface area contributed by atoms with Gasteiger partial charge in [-0.15, -0.1) is 0 Å². The van der Waals surface area contributed by atoms with Crippen molar-refractivity contribution in [3.63, 3.8) is 0 Å². The minimum atomic E-state index is -0.517. The Morgan fingerprint density at radius 3 is 2.68 bits per heavy atom. The van der Waals surface area contributed by atoms with Crippen molar-refractivity contribution in [1.82, 2.24) is 4.98 Å². The van der Waals surface area contributed by atoms with Crippen molar-refractivity contribution in [1.29, 1.82) is 0 Å². The Labute approximate surface area is 163 Å². The number of rotatable bonds is 6. The van der Waals surface area contributed by atoms with Crippen molar-refractivity contribution in [2.24, 2.45) is 0 Å². The molecule has 142 valence electrons. The topological polar surface area (TPSA) is 51.2 Å². The van der Waals surface area contributed by atoms with Gasteiger partial charge < -0.3 is 10.1 Å². The lowest BCUT2D eigenvalue weighted by Gasteiger charge is -2.12. The van der Waals surface area contributed by atoms with E-state index in [9.17, 15) is 9.18 Å². The first-order chi connectivity index (χ1) is 13.5. The summed E-state index contributed by atoms with van der Waals surface area (Å²) < 4.78 is 19.7. The van der Waals surface area contributed by atoms with E-state index in [4.69, 9.17) is 4.74 Å². The predicted molar refractivity (Wildman–Crippen MR) is 109 cm³/mol. The molecule has 0 saturated heterocycles. The Hall–Kier alpha value is -3.47. The number of aromatic nitrogens is 1. The van der Waals surface area contributed by atoms with E-state index in [-0.39, 0.29) is 11.7 Å². The van der Waals surface area contributed by atoms with Crippen LogP contribution in [-0.2, 0) is 4.79 Å². The van der Waals surface area contributed by atoms with Crippen LogP contribution in [0.4, 0.5) is 10.1 Å². The van der Waals surface area contributed by atoms with Crippen molar-refractivity contribution in [2.75, 3.05) is 5.32 Å². The zero-order chi connectivity index (χ0) is 19.9. The number of carbonyl (C=O) groups is 1. The molecular weight excluding hydrogens is 355 g/mol. The molecule has 0 bridgehead atoms. The highest BCUT2D eigenvalue weighted by Crippen LogP contribution is 2.25. The summed E-state index contributed by atoms with van der Waals surface area (Å²) in [5.74, 6) is 0.0519. The van der Waals surface area contributed by atoms with Gasteiger partial charge in [0.25, 0.3) is 0 Å². The molecule has 1 heterocycles. The molecule has 2 aromatic carbocycles. The normalized spacial score (nSPS) is 11.0.